The molecule has 0 aromatic rings. The fourth-order valence-electron chi connectivity index (χ4n) is 2.29. The molecule has 6 heteroatoms. The van der Waals surface area contributed by atoms with Crippen LogP contribution in [0, 0.1) is 5.92 Å². The minimum Gasteiger partial charge on any atom is -0.481 e. The van der Waals surface area contributed by atoms with Crippen LogP contribution in [0.25, 0.3) is 0 Å². The van der Waals surface area contributed by atoms with Crippen LogP contribution in [0.2, 0.25) is 0 Å². The molecule has 0 spiro atoms. The molecule has 0 aliphatic heterocycles. The lowest BCUT2D eigenvalue weighted by molar-refractivity contribution is -0.141. The normalized spacial score (nSPS) is 12.3. The van der Waals surface area contributed by atoms with Gasteiger partial charge in [-0.15, -0.1) is 0 Å². The van der Waals surface area contributed by atoms with E-state index in [1.807, 2.05) is 11.8 Å². The van der Waals surface area contributed by atoms with E-state index in [-0.39, 0.29) is 18.6 Å². The van der Waals surface area contributed by atoms with E-state index in [2.05, 4.69) is 13.8 Å². The number of hydrogen-bond acceptors (Lipinski definition) is 3. The topological polar surface area (TPSA) is 70.1 Å². The highest BCUT2D eigenvalue weighted by Gasteiger charge is 2.27. The number of nitrogens with zero attached hydrogens (tertiary/aromatic N) is 2. The minimum absolute atomic E-state index is 0.101. The van der Waals surface area contributed by atoms with Crippen LogP contribution in [0.15, 0.2) is 0 Å². The van der Waals surface area contributed by atoms with Crippen LogP contribution in [0.3, 0.4) is 0 Å². The summed E-state index contributed by atoms with van der Waals surface area (Å²) in [6.45, 7) is 9.33. The second-order valence-electron chi connectivity index (χ2n) is 5.22. The Bertz CT molecular complexity index is 319. The van der Waals surface area contributed by atoms with E-state index in [0.717, 1.165) is 12.8 Å². The standard InChI is InChI=1S/C15H30N2O4/c1-6-13(7-2)17(9-10-21-5)15(20)16(8-3)11-12(4)14(18)19/h12-13H,6-11H2,1-5H3,(H,18,19). The maximum atomic E-state index is 12.7. The molecule has 6 nitrogen and oxygen atoms in total. The third-order valence-electron chi connectivity index (χ3n) is 3.73. The number of ether oxygens (including phenoxy) is 1. The predicted octanol–water partition coefficient (Wildman–Crippen LogP) is 2.29. The van der Waals surface area contributed by atoms with E-state index in [1.54, 1.807) is 18.9 Å². The van der Waals surface area contributed by atoms with Gasteiger partial charge in [0.15, 0.2) is 0 Å². The Labute approximate surface area is 128 Å². The predicted molar refractivity (Wildman–Crippen MR) is 82.4 cm³/mol. The summed E-state index contributed by atoms with van der Waals surface area (Å²) >= 11 is 0. The number of urea groups is 1. The number of carboxylic acid groups (broad SMARTS) is 1. The highest BCUT2D eigenvalue weighted by molar-refractivity contribution is 5.76. The molecule has 1 unspecified atom stereocenters. The second kappa shape index (κ2) is 10.4. The molecule has 0 radical (unpaired) electrons. The van der Waals surface area contributed by atoms with Crippen molar-refractivity contribution in [3.05, 3.63) is 0 Å². The molecule has 0 aliphatic rings. The SMILES string of the molecule is CCC(CC)N(CCOC)C(=O)N(CC)CC(C)C(=O)O. The first-order valence-corrected chi connectivity index (χ1v) is 7.69. The van der Waals surface area contributed by atoms with Gasteiger partial charge in [0.1, 0.15) is 0 Å². The first kappa shape index (κ1) is 19.7. The van der Waals surface area contributed by atoms with Gasteiger partial charge in [-0.3, -0.25) is 4.79 Å². The summed E-state index contributed by atoms with van der Waals surface area (Å²) in [4.78, 5) is 27.1. The fourth-order valence-corrected chi connectivity index (χ4v) is 2.29. The number of aliphatic carboxylic acids is 1. The van der Waals surface area contributed by atoms with Crippen molar-refractivity contribution >= 4 is 12.0 Å². The Morgan fingerprint density at radius 1 is 1.19 bits per heavy atom. The van der Waals surface area contributed by atoms with Gasteiger partial charge in [-0.25, -0.2) is 4.79 Å². The molecule has 0 rings (SSSR count). The van der Waals surface area contributed by atoms with Crippen LogP contribution >= 0.6 is 0 Å². The zero-order valence-corrected chi connectivity index (χ0v) is 14.0. The lowest BCUT2D eigenvalue weighted by atomic mass is 10.1. The van der Waals surface area contributed by atoms with E-state index in [0.29, 0.717) is 19.7 Å². The first-order valence-electron chi connectivity index (χ1n) is 7.69. The minimum atomic E-state index is -0.882. The Hall–Kier alpha value is -1.30. The van der Waals surface area contributed by atoms with Gasteiger partial charge in [0.05, 0.1) is 12.5 Å². The molecule has 0 saturated heterocycles. The van der Waals surface area contributed by atoms with Crippen LogP contribution in [0.5, 0.6) is 0 Å². The summed E-state index contributed by atoms with van der Waals surface area (Å²) in [7, 11) is 1.61. The van der Waals surface area contributed by atoms with Gasteiger partial charge >= 0.3 is 12.0 Å². The Balaban J connectivity index is 4.98. The molecule has 0 aromatic heterocycles. The van der Waals surface area contributed by atoms with Crippen LogP contribution < -0.4 is 0 Å². The van der Waals surface area contributed by atoms with Crippen LogP contribution in [-0.2, 0) is 9.53 Å². The van der Waals surface area contributed by atoms with E-state index in [1.165, 1.54) is 0 Å². The van der Waals surface area contributed by atoms with Crippen molar-refractivity contribution in [1.82, 2.24) is 9.80 Å². The smallest absolute Gasteiger partial charge is 0.320 e. The van der Waals surface area contributed by atoms with Gasteiger partial charge in [0.25, 0.3) is 0 Å². The van der Waals surface area contributed by atoms with E-state index in [9.17, 15) is 9.59 Å². The third kappa shape index (κ3) is 6.33. The summed E-state index contributed by atoms with van der Waals surface area (Å²) < 4.78 is 5.09. The highest BCUT2D eigenvalue weighted by atomic mass is 16.5. The molecule has 21 heavy (non-hydrogen) atoms. The molecule has 124 valence electrons. The number of carbonyl (C=O) groups is 2. The Morgan fingerprint density at radius 2 is 1.76 bits per heavy atom. The summed E-state index contributed by atoms with van der Waals surface area (Å²) in [6, 6.07) is 0.0539. The molecule has 1 N–H and O–H groups in total. The zero-order valence-electron chi connectivity index (χ0n) is 14.0. The van der Waals surface area contributed by atoms with E-state index in [4.69, 9.17) is 9.84 Å². The molecule has 0 heterocycles. The average molecular weight is 302 g/mol. The number of hydrogen-bond donors (Lipinski definition) is 1. The maximum absolute atomic E-state index is 12.7. The fraction of sp³-hybridized carbons (Fsp3) is 0.867. The number of methoxy groups -OCH3 is 1. The van der Waals surface area contributed by atoms with Gasteiger partial charge in [0, 0.05) is 32.8 Å². The lowest BCUT2D eigenvalue weighted by Crippen LogP contribution is -2.50. The third-order valence-corrected chi connectivity index (χ3v) is 3.73. The van der Waals surface area contributed by atoms with Crippen molar-refractivity contribution < 1.29 is 19.4 Å². The number of carbonyl (C=O) groups excluding carboxylic acids is 1. The van der Waals surface area contributed by atoms with Crippen molar-refractivity contribution in [1.29, 1.82) is 0 Å². The van der Waals surface area contributed by atoms with Gasteiger partial charge in [-0.2, -0.15) is 0 Å². The molecule has 1 atom stereocenters. The monoisotopic (exact) mass is 302 g/mol. The van der Waals surface area contributed by atoms with Crippen LogP contribution in [0.1, 0.15) is 40.5 Å². The first-order chi connectivity index (χ1) is 9.92. The van der Waals surface area contributed by atoms with E-state index < -0.39 is 11.9 Å². The molecule has 2 amide bonds. The van der Waals surface area contributed by atoms with Gasteiger partial charge < -0.3 is 19.6 Å². The van der Waals surface area contributed by atoms with Crippen molar-refractivity contribution in [2.24, 2.45) is 5.92 Å². The van der Waals surface area contributed by atoms with Gasteiger partial charge in [-0.05, 0) is 19.8 Å². The molecular weight excluding hydrogens is 272 g/mol. The number of carboxylic acids is 1. The molecule has 0 bridgehead atoms. The molecule has 0 fully saturated rings. The Morgan fingerprint density at radius 3 is 2.14 bits per heavy atom. The quantitative estimate of drug-likeness (QED) is 0.672. The number of amides is 2. The van der Waals surface area contributed by atoms with Crippen molar-refractivity contribution in [3.63, 3.8) is 0 Å². The van der Waals surface area contributed by atoms with Crippen LogP contribution in [0.4, 0.5) is 4.79 Å². The molecule has 0 aliphatic carbocycles. The average Bonchev–Trinajstić information content (AvgIpc) is 2.47. The summed E-state index contributed by atoms with van der Waals surface area (Å²) in [5.74, 6) is -1.45. The molecule has 0 saturated carbocycles. The van der Waals surface area contributed by atoms with Gasteiger partial charge in [0.2, 0.25) is 0 Å². The molecular formula is C15H30N2O4. The highest BCUT2D eigenvalue weighted by Crippen LogP contribution is 2.13. The zero-order chi connectivity index (χ0) is 16.4. The van der Waals surface area contributed by atoms with Crippen molar-refractivity contribution in [2.45, 2.75) is 46.6 Å². The number of rotatable bonds is 10. The van der Waals surface area contributed by atoms with E-state index >= 15 is 0 Å². The van der Waals surface area contributed by atoms with Crippen LogP contribution in [-0.4, -0.2) is 66.3 Å². The maximum Gasteiger partial charge on any atom is 0.320 e. The summed E-state index contributed by atoms with van der Waals surface area (Å²) in [6.07, 6.45) is 1.75. The summed E-state index contributed by atoms with van der Waals surface area (Å²) in [5.41, 5.74) is 0. The van der Waals surface area contributed by atoms with Crippen molar-refractivity contribution in [2.75, 3.05) is 33.4 Å². The second-order valence-corrected chi connectivity index (χ2v) is 5.22. The Kier molecular flexibility index (Phi) is 9.78. The largest absolute Gasteiger partial charge is 0.481 e. The van der Waals surface area contributed by atoms with Crippen molar-refractivity contribution in [3.8, 4) is 0 Å². The summed E-state index contributed by atoms with van der Waals surface area (Å²) in [5, 5.41) is 9.02. The molecule has 0 aromatic carbocycles. The lowest BCUT2D eigenvalue weighted by Gasteiger charge is -2.35. The van der Waals surface area contributed by atoms with Gasteiger partial charge in [-0.1, -0.05) is 20.8 Å².